The molecule has 1 aliphatic carbocycles. The number of carbonyl (C=O) groups excluding carboxylic acids is 2. The molecule has 1 aliphatic heterocycles. The Morgan fingerprint density at radius 1 is 1.18 bits per heavy atom. The van der Waals surface area contributed by atoms with Gasteiger partial charge >= 0.3 is 5.97 Å². The predicted octanol–water partition coefficient (Wildman–Crippen LogP) is 3.41. The molecule has 0 radical (unpaired) electrons. The van der Waals surface area contributed by atoms with Gasteiger partial charge in [0.05, 0.1) is 46.4 Å². The lowest BCUT2D eigenvalue weighted by molar-refractivity contribution is 0.0526. The van der Waals surface area contributed by atoms with Crippen LogP contribution in [0.1, 0.15) is 70.2 Å². The van der Waals surface area contributed by atoms with Crippen LogP contribution in [0.25, 0.3) is 11.0 Å². The molecule has 5 rings (SSSR count). The number of nitrogens with one attached hydrogen (secondary N) is 1. The van der Waals surface area contributed by atoms with Crippen molar-refractivity contribution in [3.63, 3.8) is 0 Å². The average Bonchev–Trinajstić information content (AvgIpc) is 3.52. The topological polar surface area (TPSA) is 120 Å². The Labute approximate surface area is 197 Å². The number of sulfone groups is 1. The highest BCUT2D eigenvalue weighted by Crippen LogP contribution is 2.41. The van der Waals surface area contributed by atoms with Crippen molar-refractivity contribution in [3.8, 4) is 0 Å². The Kier molecular flexibility index (Phi) is 5.63. The van der Waals surface area contributed by atoms with Crippen LogP contribution in [0.5, 0.6) is 0 Å². The van der Waals surface area contributed by atoms with E-state index in [0.717, 1.165) is 18.5 Å². The van der Waals surface area contributed by atoms with Crippen molar-refractivity contribution in [1.82, 2.24) is 14.8 Å². The van der Waals surface area contributed by atoms with Crippen LogP contribution in [0.4, 0.5) is 5.69 Å². The molecule has 178 valence electrons. The number of fused-ring (bicyclic) bond motifs is 1. The molecular formula is C24H26N4O5S. The first kappa shape index (κ1) is 22.5. The van der Waals surface area contributed by atoms with Crippen LogP contribution in [0.2, 0.25) is 0 Å². The van der Waals surface area contributed by atoms with Gasteiger partial charge in [0.15, 0.2) is 15.5 Å². The number of rotatable bonds is 6. The van der Waals surface area contributed by atoms with E-state index in [4.69, 9.17) is 9.72 Å². The maximum absolute atomic E-state index is 13.4. The molecule has 34 heavy (non-hydrogen) atoms. The zero-order chi connectivity index (χ0) is 24.0. The van der Waals surface area contributed by atoms with Crippen LogP contribution >= 0.6 is 0 Å². The number of hydrogen-bond acceptors (Lipinski definition) is 7. The normalized spacial score (nSPS) is 19.3. The molecule has 10 heteroatoms. The summed E-state index contributed by atoms with van der Waals surface area (Å²) < 4.78 is 30.8. The van der Waals surface area contributed by atoms with Gasteiger partial charge in [-0.25, -0.2) is 22.9 Å². The second kappa shape index (κ2) is 8.50. The van der Waals surface area contributed by atoms with E-state index in [1.54, 1.807) is 35.9 Å². The molecule has 1 N–H and O–H groups in total. The quantitative estimate of drug-likeness (QED) is 0.535. The Morgan fingerprint density at radius 2 is 1.91 bits per heavy atom. The van der Waals surface area contributed by atoms with Gasteiger partial charge in [-0.3, -0.25) is 4.79 Å². The number of nitrogens with zero attached hydrogens (tertiary/aromatic N) is 3. The number of aryl methyl sites for hydroxylation is 1. The van der Waals surface area contributed by atoms with Crippen molar-refractivity contribution in [1.29, 1.82) is 0 Å². The first-order valence-corrected chi connectivity index (χ1v) is 13.3. The van der Waals surface area contributed by atoms with Crippen LogP contribution in [-0.2, 0) is 14.6 Å². The summed E-state index contributed by atoms with van der Waals surface area (Å²) in [6.45, 7) is 3.85. The highest BCUT2D eigenvalue weighted by molar-refractivity contribution is 7.91. The fraction of sp³-hybridized carbons (Fsp3) is 0.417. The number of carbonyl (C=O) groups is 2. The van der Waals surface area contributed by atoms with E-state index < -0.39 is 15.8 Å². The first-order valence-electron chi connectivity index (χ1n) is 11.4. The number of benzene rings is 1. The van der Waals surface area contributed by atoms with Crippen LogP contribution < -0.4 is 5.32 Å². The van der Waals surface area contributed by atoms with Crippen molar-refractivity contribution >= 4 is 38.4 Å². The fourth-order valence-electron chi connectivity index (χ4n) is 4.43. The Bertz CT molecular complexity index is 1390. The zero-order valence-corrected chi connectivity index (χ0v) is 19.9. The molecule has 0 bridgehead atoms. The smallest absolute Gasteiger partial charge is 0.338 e. The molecule has 1 saturated heterocycles. The number of esters is 1. The van der Waals surface area contributed by atoms with E-state index in [9.17, 15) is 18.0 Å². The summed E-state index contributed by atoms with van der Waals surface area (Å²) in [4.78, 5) is 30.1. The van der Waals surface area contributed by atoms with Gasteiger partial charge in [0, 0.05) is 17.3 Å². The summed E-state index contributed by atoms with van der Waals surface area (Å²) in [5.41, 5.74) is 3.45. The van der Waals surface area contributed by atoms with Crippen molar-refractivity contribution in [2.75, 3.05) is 23.4 Å². The van der Waals surface area contributed by atoms with Crippen molar-refractivity contribution in [2.45, 2.75) is 45.1 Å². The molecule has 0 spiro atoms. The summed E-state index contributed by atoms with van der Waals surface area (Å²) >= 11 is 0. The Hall–Kier alpha value is -3.27. The largest absolute Gasteiger partial charge is 0.462 e. The molecule has 3 heterocycles. The molecule has 1 saturated carbocycles. The minimum absolute atomic E-state index is 0.0346. The highest BCUT2D eigenvalue weighted by atomic mass is 32.2. The molecule has 2 fully saturated rings. The third-order valence-electron chi connectivity index (χ3n) is 6.31. The van der Waals surface area contributed by atoms with Gasteiger partial charge in [-0.1, -0.05) is 0 Å². The molecule has 1 atom stereocenters. The van der Waals surface area contributed by atoms with Gasteiger partial charge in [-0.05, 0) is 63.4 Å². The third-order valence-corrected chi connectivity index (χ3v) is 8.06. The number of ether oxygens (including phenoxy) is 1. The lowest BCUT2D eigenvalue weighted by atomic mass is 10.1. The van der Waals surface area contributed by atoms with Gasteiger partial charge in [-0.15, -0.1) is 0 Å². The number of anilines is 1. The van der Waals surface area contributed by atoms with Crippen LogP contribution in [0, 0.1) is 6.92 Å². The van der Waals surface area contributed by atoms with E-state index in [2.05, 4.69) is 10.4 Å². The minimum Gasteiger partial charge on any atom is -0.462 e. The Balaban J connectivity index is 1.50. The van der Waals surface area contributed by atoms with Gasteiger partial charge in [-0.2, -0.15) is 5.10 Å². The van der Waals surface area contributed by atoms with Crippen LogP contribution in [0.15, 0.2) is 30.3 Å². The summed E-state index contributed by atoms with van der Waals surface area (Å²) in [5, 5.41) is 8.15. The standard InChI is InChI=1S/C24H26N4O5S/c1-3-33-24(30)16-6-8-17(9-7-16)25-23(29)19-12-20(15-4-5-15)26-22-21(19)14(2)27-28(22)18-10-11-34(31,32)13-18/h6-9,12,15,18H,3-5,10-11,13H2,1-2H3,(H,25,29). The lowest BCUT2D eigenvalue weighted by Crippen LogP contribution is -2.15. The van der Waals surface area contributed by atoms with E-state index >= 15 is 0 Å². The summed E-state index contributed by atoms with van der Waals surface area (Å²) in [6.07, 6.45) is 2.52. The van der Waals surface area contributed by atoms with Gasteiger partial charge in [0.1, 0.15) is 0 Å². The highest BCUT2D eigenvalue weighted by Gasteiger charge is 2.34. The predicted molar refractivity (Wildman–Crippen MR) is 127 cm³/mol. The first-order chi connectivity index (χ1) is 16.3. The van der Waals surface area contributed by atoms with Crippen molar-refractivity contribution in [2.24, 2.45) is 0 Å². The zero-order valence-electron chi connectivity index (χ0n) is 19.1. The molecular weight excluding hydrogens is 456 g/mol. The van der Waals surface area contributed by atoms with Crippen molar-refractivity contribution in [3.05, 3.63) is 52.8 Å². The molecule has 3 aromatic rings. The minimum atomic E-state index is -3.10. The average molecular weight is 483 g/mol. The number of aromatic nitrogens is 3. The second-order valence-corrected chi connectivity index (χ2v) is 11.1. The fourth-order valence-corrected chi connectivity index (χ4v) is 6.12. The lowest BCUT2D eigenvalue weighted by Gasteiger charge is -2.12. The molecule has 2 aliphatic rings. The second-order valence-electron chi connectivity index (χ2n) is 8.91. The molecule has 9 nitrogen and oxygen atoms in total. The Morgan fingerprint density at radius 3 is 2.53 bits per heavy atom. The van der Waals surface area contributed by atoms with Crippen LogP contribution in [-0.4, -0.2) is 53.2 Å². The monoisotopic (exact) mass is 482 g/mol. The van der Waals surface area contributed by atoms with E-state index in [1.807, 2.05) is 13.0 Å². The number of hydrogen-bond donors (Lipinski definition) is 1. The maximum atomic E-state index is 13.4. The maximum Gasteiger partial charge on any atom is 0.338 e. The molecule has 1 amide bonds. The van der Waals surface area contributed by atoms with E-state index in [0.29, 0.717) is 52.5 Å². The van der Waals surface area contributed by atoms with Gasteiger partial charge < -0.3 is 10.1 Å². The molecule has 2 aromatic heterocycles. The van der Waals surface area contributed by atoms with Crippen LogP contribution in [0.3, 0.4) is 0 Å². The molecule has 1 unspecified atom stereocenters. The SMILES string of the molecule is CCOC(=O)c1ccc(NC(=O)c2cc(C3CC3)nc3c2c(C)nn3C2CCS(=O)(=O)C2)cc1. The van der Waals surface area contributed by atoms with Gasteiger partial charge in [0.25, 0.3) is 5.91 Å². The number of pyridine rings is 1. The molecule has 1 aromatic carbocycles. The number of amides is 1. The summed E-state index contributed by atoms with van der Waals surface area (Å²) in [6, 6.07) is 8.07. The van der Waals surface area contributed by atoms with Gasteiger partial charge in [0.2, 0.25) is 0 Å². The van der Waals surface area contributed by atoms with Crippen molar-refractivity contribution < 1.29 is 22.7 Å². The van der Waals surface area contributed by atoms with E-state index in [-0.39, 0.29) is 23.5 Å². The van der Waals surface area contributed by atoms with E-state index in [1.165, 1.54) is 0 Å². The summed E-state index contributed by atoms with van der Waals surface area (Å²) in [7, 11) is -3.10. The summed E-state index contributed by atoms with van der Waals surface area (Å²) in [5.74, 6) is -0.250. The third kappa shape index (κ3) is 4.29.